The van der Waals surface area contributed by atoms with Crippen molar-refractivity contribution in [2.75, 3.05) is 0 Å². The zero-order valence-electron chi connectivity index (χ0n) is 10.9. The van der Waals surface area contributed by atoms with E-state index in [2.05, 4.69) is 15.5 Å². The summed E-state index contributed by atoms with van der Waals surface area (Å²) in [5.74, 6) is -1.73. The molecule has 2 rings (SSSR count). The first-order valence-corrected chi connectivity index (χ1v) is 6.51. The van der Waals surface area contributed by atoms with Crippen LogP contribution in [0.25, 0.3) is 0 Å². The lowest BCUT2D eigenvalue weighted by Crippen LogP contribution is -2.42. The highest BCUT2D eigenvalue weighted by Crippen LogP contribution is 2.06. The number of nitrogens with one attached hydrogen (secondary N) is 1. The Kier molecular flexibility index (Phi) is 4.84. The van der Waals surface area contributed by atoms with Crippen molar-refractivity contribution >= 4 is 23.5 Å². The van der Waals surface area contributed by atoms with Crippen LogP contribution in [0.1, 0.15) is 16.1 Å². The van der Waals surface area contributed by atoms with E-state index in [4.69, 9.17) is 11.6 Å². The summed E-state index contributed by atoms with van der Waals surface area (Å²) in [5.41, 5.74) is 0.825. The molecule has 21 heavy (non-hydrogen) atoms. The second kappa shape index (κ2) is 6.81. The summed E-state index contributed by atoms with van der Waals surface area (Å²) in [7, 11) is 0. The number of hydrogen-bond acceptors (Lipinski definition) is 4. The molecule has 6 nitrogen and oxygen atoms in total. The largest absolute Gasteiger partial charge is 0.480 e. The molecule has 0 saturated heterocycles. The number of benzene rings is 1. The highest BCUT2D eigenvalue weighted by molar-refractivity contribution is 6.29. The molecule has 1 aromatic carbocycles. The van der Waals surface area contributed by atoms with Gasteiger partial charge in [-0.1, -0.05) is 41.9 Å². The van der Waals surface area contributed by atoms with Crippen LogP contribution in [-0.4, -0.2) is 33.2 Å². The molecule has 1 atom stereocenters. The number of carbonyl (C=O) groups is 2. The molecule has 108 valence electrons. The molecule has 1 aromatic heterocycles. The number of nitrogens with zero attached hydrogens (tertiary/aromatic N) is 2. The topological polar surface area (TPSA) is 92.2 Å². The van der Waals surface area contributed by atoms with E-state index in [-0.39, 0.29) is 17.3 Å². The van der Waals surface area contributed by atoms with Gasteiger partial charge < -0.3 is 10.4 Å². The zero-order chi connectivity index (χ0) is 15.2. The lowest BCUT2D eigenvalue weighted by molar-refractivity contribution is -0.139. The summed E-state index contributed by atoms with van der Waals surface area (Å²) in [6, 6.07) is 10.8. The van der Waals surface area contributed by atoms with Crippen LogP contribution in [-0.2, 0) is 11.2 Å². The van der Waals surface area contributed by atoms with Crippen molar-refractivity contribution in [1.29, 1.82) is 0 Å². The second-order valence-electron chi connectivity index (χ2n) is 4.30. The zero-order valence-corrected chi connectivity index (χ0v) is 11.6. The van der Waals surface area contributed by atoms with E-state index in [1.807, 2.05) is 6.07 Å². The lowest BCUT2D eigenvalue weighted by Gasteiger charge is -2.14. The molecule has 7 heteroatoms. The molecule has 1 heterocycles. The summed E-state index contributed by atoms with van der Waals surface area (Å²) >= 11 is 5.58. The molecule has 0 bridgehead atoms. The number of hydrogen-bond donors (Lipinski definition) is 2. The number of carbonyl (C=O) groups excluding carboxylic acids is 1. The maximum absolute atomic E-state index is 11.9. The van der Waals surface area contributed by atoms with Gasteiger partial charge >= 0.3 is 5.97 Å². The Bertz CT molecular complexity index is 632. The molecule has 0 radical (unpaired) electrons. The Balaban J connectivity index is 2.07. The molecule has 0 fully saturated rings. The van der Waals surface area contributed by atoms with Crippen molar-refractivity contribution in [1.82, 2.24) is 15.5 Å². The molecule has 0 aliphatic carbocycles. The maximum Gasteiger partial charge on any atom is 0.326 e. The fourth-order valence-electron chi connectivity index (χ4n) is 1.72. The van der Waals surface area contributed by atoms with Crippen LogP contribution in [0.5, 0.6) is 0 Å². The molecule has 1 amide bonds. The Hall–Kier alpha value is -2.47. The van der Waals surface area contributed by atoms with Crippen LogP contribution in [0.15, 0.2) is 42.5 Å². The normalized spacial score (nSPS) is 11.7. The Morgan fingerprint density at radius 1 is 1.14 bits per heavy atom. The van der Waals surface area contributed by atoms with Crippen molar-refractivity contribution in [2.24, 2.45) is 0 Å². The number of halogens is 1. The van der Waals surface area contributed by atoms with Crippen molar-refractivity contribution in [3.8, 4) is 0 Å². The fraction of sp³-hybridized carbons (Fsp3) is 0.143. The minimum absolute atomic E-state index is 0.0127. The van der Waals surface area contributed by atoms with Crippen LogP contribution < -0.4 is 5.32 Å². The number of rotatable bonds is 5. The van der Waals surface area contributed by atoms with Gasteiger partial charge in [-0.15, -0.1) is 10.2 Å². The molecule has 0 aliphatic heterocycles. The van der Waals surface area contributed by atoms with Crippen LogP contribution in [0.2, 0.25) is 5.15 Å². The Morgan fingerprint density at radius 2 is 1.86 bits per heavy atom. The quantitative estimate of drug-likeness (QED) is 0.874. The van der Waals surface area contributed by atoms with Gasteiger partial charge in [0.05, 0.1) is 0 Å². The molecular formula is C14H12ClN3O3. The molecule has 2 aromatic rings. The average Bonchev–Trinajstić information content (AvgIpc) is 2.48. The monoisotopic (exact) mass is 305 g/mol. The molecule has 0 spiro atoms. The average molecular weight is 306 g/mol. The van der Waals surface area contributed by atoms with Crippen LogP contribution in [0, 0.1) is 0 Å². The van der Waals surface area contributed by atoms with Gasteiger partial charge in [0.15, 0.2) is 10.8 Å². The first kappa shape index (κ1) is 14.9. The SMILES string of the molecule is O=C(NC(Cc1ccccc1)C(=O)O)c1ccc(Cl)nn1. The van der Waals surface area contributed by atoms with Gasteiger partial charge in [-0.3, -0.25) is 4.79 Å². The van der Waals surface area contributed by atoms with E-state index in [1.165, 1.54) is 12.1 Å². The first-order chi connectivity index (χ1) is 10.1. The first-order valence-electron chi connectivity index (χ1n) is 6.13. The van der Waals surface area contributed by atoms with E-state index < -0.39 is 17.9 Å². The second-order valence-corrected chi connectivity index (χ2v) is 4.68. The predicted molar refractivity (Wildman–Crippen MR) is 76.1 cm³/mol. The number of carboxylic acid groups (broad SMARTS) is 1. The van der Waals surface area contributed by atoms with E-state index in [9.17, 15) is 14.7 Å². The fourth-order valence-corrected chi connectivity index (χ4v) is 1.82. The standard InChI is InChI=1S/C14H12ClN3O3/c15-12-7-6-10(17-18-12)13(19)16-11(14(20)21)8-9-4-2-1-3-5-9/h1-7,11H,8H2,(H,16,19)(H,20,21). The summed E-state index contributed by atoms with van der Waals surface area (Å²) in [6.45, 7) is 0. The number of aliphatic carboxylic acids is 1. The van der Waals surface area contributed by atoms with Crippen molar-refractivity contribution in [3.05, 3.63) is 58.9 Å². The van der Waals surface area contributed by atoms with Gasteiger partial charge in [0.1, 0.15) is 6.04 Å². The van der Waals surface area contributed by atoms with Crippen molar-refractivity contribution < 1.29 is 14.7 Å². The molecule has 0 aliphatic rings. The van der Waals surface area contributed by atoms with E-state index in [0.29, 0.717) is 0 Å². The summed E-state index contributed by atoms with van der Waals surface area (Å²) < 4.78 is 0. The summed E-state index contributed by atoms with van der Waals surface area (Å²) in [5, 5.41) is 18.9. The Labute approximate surface area is 125 Å². The summed E-state index contributed by atoms with van der Waals surface area (Å²) in [4.78, 5) is 23.2. The number of aromatic nitrogens is 2. The smallest absolute Gasteiger partial charge is 0.326 e. The Morgan fingerprint density at radius 3 is 2.43 bits per heavy atom. The maximum atomic E-state index is 11.9. The van der Waals surface area contributed by atoms with Crippen LogP contribution in [0.4, 0.5) is 0 Å². The number of carboxylic acids is 1. The van der Waals surface area contributed by atoms with Gasteiger partial charge in [0, 0.05) is 6.42 Å². The highest BCUT2D eigenvalue weighted by atomic mass is 35.5. The van der Waals surface area contributed by atoms with Gasteiger partial charge in [-0.05, 0) is 17.7 Å². The van der Waals surface area contributed by atoms with Gasteiger partial charge in [0.25, 0.3) is 5.91 Å². The van der Waals surface area contributed by atoms with Gasteiger partial charge in [0.2, 0.25) is 0 Å². The van der Waals surface area contributed by atoms with E-state index in [0.717, 1.165) is 5.56 Å². The molecule has 0 saturated carbocycles. The minimum Gasteiger partial charge on any atom is -0.480 e. The number of amides is 1. The van der Waals surface area contributed by atoms with E-state index in [1.54, 1.807) is 24.3 Å². The van der Waals surface area contributed by atoms with Crippen LogP contribution in [0.3, 0.4) is 0 Å². The van der Waals surface area contributed by atoms with Crippen molar-refractivity contribution in [2.45, 2.75) is 12.5 Å². The van der Waals surface area contributed by atoms with E-state index >= 15 is 0 Å². The highest BCUT2D eigenvalue weighted by Gasteiger charge is 2.21. The third-order valence-electron chi connectivity index (χ3n) is 2.75. The predicted octanol–water partition coefficient (Wildman–Crippen LogP) is 1.56. The van der Waals surface area contributed by atoms with Gasteiger partial charge in [-0.2, -0.15) is 0 Å². The third kappa shape index (κ3) is 4.25. The van der Waals surface area contributed by atoms with Crippen LogP contribution >= 0.6 is 11.6 Å². The third-order valence-corrected chi connectivity index (χ3v) is 2.95. The molecule has 2 N–H and O–H groups in total. The lowest BCUT2D eigenvalue weighted by atomic mass is 10.1. The van der Waals surface area contributed by atoms with Crippen molar-refractivity contribution in [3.63, 3.8) is 0 Å². The molecular weight excluding hydrogens is 294 g/mol. The van der Waals surface area contributed by atoms with Gasteiger partial charge in [-0.25, -0.2) is 4.79 Å². The molecule has 1 unspecified atom stereocenters. The minimum atomic E-state index is -1.12. The summed E-state index contributed by atoms with van der Waals surface area (Å²) in [6.07, 6.45) is 0.183.